The number of rotatable bonds is 10. The van der Waals surface area contributed by atoms with Gasteiger partial charge in [0.2, 0.25) is 11.8 Å². The van der Waals surface area contributed by atoms with E-state index in [2.05, 4.69) is 16.0 Å². The van der Waals surface area contributed by atoms with Gasteiger partial charge in [0, 0.05) is 12.2 Å². The predicted molar refractivity (Wildman–Crippen MR) is 104 cm³/mol. The van der Waals surface area contributed by atoms with Crippen LogP contribution in [0.4, 0.5) is 10.5 Å². The van der Waals surface area contributed by atoms with Gasteiger partial charge in [-0.2, -0.15) is 0 Å². The van der Waals surface area contributed by atoms with E-state index in [0.29, 0.717) is 12.1 Å². The monoisotopic (exact) mass is 393 g/mol. The summed E-state index contributed by atoms with van der Waals surface area (Å²) >= 11 is 0. The zero-order valence-corrected chi connectivity index (χ0v) is 15.9. The molecule has 10 heteroatoms. The molecule has 0 heterocycles. The summed E-state index contributed by atoms with van der Waals surface area (Å²) in [5.74, 6) is -2.12. The number of hydrogen-bond donors (Lipinski definition) is 6. The molecule has 10 nitrogen and oxygen atoms in total. The summed E-state index contributed by atoms with van der Waals surface area (Å²) in [7, 11) is 0. The highest BCUT2D eigenvalue weighted by Gasteiger charge is 2.25. The molecule has 0 bridgehead atoms. The summed E-state index contributed by atoms with van der Waals surface area (Å²) in [5, 5.41) is 16.6. The summed E-state index contributed by atoms with van der Waals surface area (Å²) in [4.78, 5) is 46.5. The highest BCUT2D eigenvalue weighted by Crippen LogP contribution is 2.11. The number of amides is 4. The second-order valence-electron chi connectivity index (χ2n) is 6.64. The Morgan fingerprint density at radius 3 is 2.18 bits per heavy atom. The van der Waals surface area contributed by atoms with Crippen LogP contribution >= 0.6 is 0 Å². The lowest BCUT2D eigenvalue weighted by Gasteiger charge is -2.22. The molecular weight excluding hydrogens is 366 g/mol. The van der Waals surface area contributed by atoms with Gasteiger partial charge in [0.25, 0.3) is 0 Å². The molecule has 0 saturated heterocycles. The average molecular weight is 393 g/mol. The van der Waals surface area contributed by atoms with Crippen LogP contribution < -0.4 is 27.4 Å². The molecule has 1 aromatic rings. The number of carbonyl (C=O) groups excluding carboxylic acids is 3. The summed E-state index contributed by atoms with van der Waals surface area (Å²) in [5.41, 5.74) is 11.3. The van der Waals surface area contributed by atoms with Crippen molar-refractivity contribution in [3.05, 3.63) is 29.8 Å². The number of anilines is 1. The van der Waals surface area contributed by atoms with Crippen LogP contribution in [0, 0.1) is 5.92 Å². The minimum atomic E-state index is -1.08. The van der Waals surface area contributed by atoms with Crippen LogP contribution in [0.2, 0.25) is 0 Å². The van der Waals surface area contributed by atoms with Gasteiger partial charge in [0.1, 0.15) is 6.04 Å². The van der Waals surface area contributed by atoms with Crippen LogP contribution in [-0.4, -0.2) is 47.5 Å². The van der Waals surface area contributed by atoms with Crippen molar-refractivity contribution in [3.8, 4) is 0 Å². The smallest absolute Gasteiger partial charge is 0.335 e. The fourth-order valence-corrected chi connectivity index (χ4v) is 2.28. The van der Waals surface area contributed by atoms with E-state index in [-0.39, 0.29) is 24.4 Å². The molecule has 8 N–H and O–H groups in total. The van der Waals surface area contributed by atoms with Crippen molar-refractivity contribution in [1.82, 2.24) is 10.6 Å². The number of carboxylic acid groups (broad SMARTS) is 1. The largest absolute Gasteiger partial charge is 0.478 e. The van der Waals surface area contributed by atoms with Crippen LogP contribution in [-0.2, 0) is 9.59 Å². The fraction of sp³-hybridized carbons (Fsp3) is 0.444. The highest BCUT2D eigenvalue weighted by atomic mass is 16.4. The van der Waals surface area contributed by atoms with Crippen molar-refractivity contribution < 1.29 is 24.3 Å². The Hall–Kier alpha value is -3.14. The first-order valence-electron chi connectivity index (χ1n) is 8.85. The third-order valence-electron chi connectivity index (χ3n) is 4.02. The Labute approximate surface area is 163 Å². The molecule has 0 spiro atoms. The normalized spacial score (nSPS) is 12.7. The number of nitrogens with one attached hydrogen (secondary N) is 3. The van der Waals surface area contributed by atoms with E-state index in [1.807, 2.05) is 0 Å². The number of carboxylic acids is 1. The highest BCUT2D eigenvalue weighted by molar-refractivity contribution is 5.98. The van der Waals surface area contributed by atoms with E-state index in [0.717, 1.165) is 0 Å². The maximum atomic E-state index is 12.6. The van der Waals surface area contributed by atoms with Gasteiger partial charge < -0.3 is 32.5 Å². The maximum Gasteiger partial charge on any atom is 0.335 e. The number of primary amides is 1. The quantitative estimate of drug-likeness (QED) is 0.310. The summed E-state index contributed by atoms with van der Waals surface area (Å²) in [6.07, 6.45) is 0.645. The van der Waals surface area contributed by atoms with Gasteiger partial charge in [-0.25, -0.2) is 9.59 Å². The third-order valence-corrected chi connectivity index (χ3v) is 4.02. The second-order valence-corrected chi connectivity index (χ2v) is 6.64. The molecule has 4 amide bonds. The summed E-state index contributed by atoms with van der Waals surface area (Å²) < 4.78 is 0. The van der Waals surface area contributed by atoms with E-state index < -0.39 is 35.9 Å². The zero-order valence-electron chi connectivity index (χ0n) is 15.9. The van der Waals surface area contributed by atoms with Crippen LogP contribution in [0.1, 0.15) is 37.0 Å². The molecule has 0 aliphatic rings. The minimum Gasteiger partial charge on any atom is -0.478 e. The van der Waals surface area contributed by atoms with E-state index >= 15 is 0 Å². The number of aromatic carboxylic acids is 1. The fourth-order valence-electron chi connectivity index (χ4n) is 2.28. The Morgan fingerprint density at radius 1 is 1.07 bits per heavy atom. The van der Waals surface area contributed by atoms with Crippen LogP contribution in [0.25, 0.3) is 0 Å². The first-order chi connectivity index (χ1) is 13.1. The lowest BCUT2D eigenvalue weighted by Crippen LogP contribution is -2.51. The van der Waals surface area contributed by atoms with Crippen molar-refractivity contribution >= 4 is 29.5 Å². The van der Waals surface area contributed by atoms with Gasteiger partial charge in [-0.05, 0) is 43.0 Å². The molecule has 0 aliphatic heterocycles. The van der Waals surface area contributed by atoms with Gasteiger partial charge in [-0.3, -0.25) is 9.59 Å². The number of benzene rings is 1. The van der Waals surface area contributed by atoms with Gasteiger partial charge in [0.05, 0.1) is 11.6 Å². The third kappa shape index (κ3) is 7.62. The average Bonchev–Trinajstić information content (AvgIpc) is 2.63. The summed E-state index contributed by atoms with van der Waals surface area (Å²) in [6.45, 7) is 3.83. The topological polar surface area (TPSA) is 177 Å². The molecule has 154 valence electrons. The van der Waals surface area contributed by atoms with Crippen LogP contribution in [0.15, 0.2) is 24.3 Å². The molecule has 0 aliphatic carbocycles. The summed E-state index contributed by atoms with van der Waals surface area (Å²) in [6, 6.07) is 3.29. The molecule has 28 heavy (non-hydrogen) atoms. The molecule has 0 radical (unpaired) electrons. The number of urea groups is 1. The van der Waals surface area contributed by atoms with Crippen LogP contribution in [0.5, 0.6) is 0 Å². The molecule has 1 rings (SSSR count). The van der Waals surface area contributed by atoms with Gasteiger partial charge in [-0.15, -0.1) is 0 Å². The number of nitrogens with two attached hydrogens (primary N) is 2. The van der Waals surface area contributed by atoms with Crippen molar-refractivity contribution in [1.29, 1.82) is 0 Å². The SMILES string of the molecule is CC(C)C(N)C(=O)NC(CCCNC(N)=O)C(=O)Nc1ccc(C(=O)O)cc1. The van der Waals surface area contributed by atoms with Crippen molar-refractivity contribution in [2.24, 2.45) is 17.4 Å². The Morgan fingerprint density at radius 2 is 1.68 bits per heavy atom. The maximum absolute atomic E-state index is 12.6. The van der Waals surface area contributed by atoms with E-state index in [4.69, 9.17) is 16.6 Å². The molecular formula is C18H27N5O5. The van der Waals surface area contributed by atoms with Crippen LogP contribution in [0.3, 0.4) is 0 Å². The lowest BCUT2D eigenvalue weighted by atomic mass is 10.0. The Balaban J connectivity index is 2.79. The van der Waals surface area contributed by atoms with Crippen molar-refractivity contribution in [2.75, 3.05) is 11.9 Å². The van der Waals surface area contributed by atoms with Gasteiger partial charge >= 0.3 is 12.0 Å². The Kier molecular flexibility index (Phi) is 8.89. The molecule has 2 atom stereocenters. The molecule has 0 aromatic heterocycles. The van der Waals surface area contributed by atoms with E-state index in [1.165, 1.54) is 24.3 Å². The molecule has 2 unspecified atom stereocenters. The standard InChI is InChI=1S/C18H27N5O5/c1-10(2)14(19)16(25)23-13(4-3-9-21-18(20)28)15(24)22-12-7-5-11(6-8-12)17(26)27/h5-8,10,13-14H,3-4,9,19H2,1-2H3,(H,22,24)(H,23,25)(H,26,27)(H3,20,21,28). The second kappa shape index (κ2) is 10.9. The molecule has 0 fully saturated rings. The van der Waals surface area contributed by atoms with E-state index in [9.17, 15) is 19.2 Å². The Bertz CT molecular complexity index is 705. The first-order valence-corrected chi connectivity index (χ1v) is 8.85. The van der Waals surface area contributed by atoms with Gasteiger partial charge in [-0.1, -0.05) is 13.8 Å². The number of hydrogen-bond acceptors (Lipinski definition) is 5. The van der Waals surface area contributed by atoms with Crippen molar-refractivity contribution in [2.45, 2.75) is 38.8 Å². The van der Waals surface area contributed by atoms with E-state index in [1.54, 1.807) is 13.8 Å². The van der Waals surface area contributed by atoms with Gasteiger partial charge in [0.15, 0.2) is 0 Å². The minimum absolute atomic E-state index is 0.0864. The van der Waals surface area contributed by atoms with Crippen molar-refractivity contribution in [3.63, 3.8) is 0 Å². The first kappa shape index (κ1) is 22.9. The zero-order chi connectivity index (χ0) is 21.3. The molecule has 1 aromatic carbocycles. The lowest BCUT2D eigenvalue weighted by molar-refractivity contribution is -0.128. The predicted octanol–water partition coefficient (Wildman–Crippen LogP) is 0.240. The molecule has 0 saturated carbocycles. The number of carbonyl (C=O) groups is 4.